The molecular formula is C23H21N5O2S. The van der Waals surface area contributed by atoms with Gasteiger partial charge in [-0.3, -0.25) is 9.88 Å². The first-order valence-corrected chi connectivity index (χ1v) is 10.4. The van der Waals surface area contributed by atoms with Crippen molar-refractivity contribution in [2.24, 2.45) is 0 Å². The van der Waals surface area contributed by atoms with E-state index in [4.69, 9.17) is 4.74 Å². The highest BCUT2D eigenvalue weighted by Crippen LogP contribution is 2.38. The lowest BCUT2D eigenvalue weighted by Gasteiger charge is -2.24. The fourth-order valence-corrected chi connectivity index (χ4v) is 3.74. The molecule has 31 heavy (non-hydrogen) atoms. The van der Waals surface area contributed by atoms with Crippen molar-refractivity contribution in [3.8, 4) is 5.75 Å². The molecular weight excluding hydrogens is 410 g/mol. The molecule has 0 saturated carbocycles. The van der Waals surface area contributed by atoms with E-state index in [1.54, 1.807) is 50.0 Å². The van der Waals surface area contributed by atoms with E-state index >= 15 is 0 Å². The number of aryl methyl sites for hydroxylation is 1. The van der Waals surface area contributed by atoms with Crippen LogP contribution in [0.3, 0.4) is 0 Å². The molecule has 156 valence electrons. The first-order chi connectivity index (χ1) is 15.1. The number of carbonyl (C=O) groups is 1. The number of nitrogens with one attached hydrogen (secondary N) is 2. The molecule has 0 aliphatic carbocycles. The van der Waals surface area contributed by atoms with Crippen molar-refractivity contribution < 1.29 is 9.53 Å². The maximum atomic E-state index is 12.5. The fourth-order valence-electron chi connectivity index (χ4n) is 3.06. The summed E-state index contributed by atoms with van der Waals surface area (Å²) in [4.78, 5) is 23.3. The fraction of sp³-hybridized carbons (Fsp3) is 0.0870. The van der Waals surface area contributed by atoms with Crippen LogP contribution in [-0.4, -0.2) is 23.1 Å². The molecule has 0 radical (unpaired) electrons. The van der Waals surface area contributed by atoms with E-state index in [2.05, 4.69) is 20.6 Å². The number of rotatable bonds is 6. The predicted molar refractivity (Wildman–Crippen MR) is 125 cm³/mol. The van der Waals surface area contributed by atoms with Crippen LogP contribution in [0.25, 0.3) is 0 Å². The van der Waals surface area contributed by atoms with Crippen molar-refractivity contribution in [3.05, 3.63) is 84.1 Å². The Morgan fingerprint density at radius 2 is 1.81 bits per heavy atom. The molecule has 8 heteroatoms. The van der Waals surface area contributed by atoms with E-state index in [0.717, 1.165) is 27.8 Å². The van der Waals surface area contributed by atoms with Crippen molar-refractivity contribution >= 4 is 45.2 Å². The van der Waals surface area contributed by atoms with Crippen LogP contribution in [0.2, 0.25) is 0 Å². The lowest BCUT2D eigenvalue weighted by molar-refractivity contribution is 0.262. The molecule has 2 aromatic carbocycles. The van der Waals surface area contributed by atoms with Crippen molar-refractivity contribution in [1.82, 2.24) is 9.97 Å². The van der Waals surface area contributed by atoms with E-state index in [9.17, 15) is 4.79 Å². The summed E-state index contributed by atoms with van der Waals surface area (Å²) in [5.41, 5.74) is 4.17. The quantitative estimate of drug-likeness (QED) is 0.393. The minimum Gasteiger partial charge on any atom is -0.497 e. The van der Waals surface area contributed by atoms with Crippen LogP contribution in [0.1, 0.15) is 5.56 Å². The number of nitrogens with zero attached hydrogens (tertiary/aromatic N) is 3. The van der Waals surface area contributed by atoms with Crippen LogP contribution < -0.4 is 20.3 Å². The molecule has 0 aliphatic rings. The Labute approximate surface area is 184 Å². The number of urea groups is 1. The number of hydrogen-bond donors (Lipinski definition) is 2. The molecule has 2 N–H and O–H groups in total. The topological polar surface area (TPSA) is 79.4 Å². The monoisotopic (exact) mass is 431 g/mol. The van der Waals surface area contributed by atoms with Crippen LogP contribution in [0.5, 0.6) is 5.75 Å². The van der Waals surface area contributed by atoms with Crippen molar-refractivity contribution in [3.63, 3.8) is 0 Å². The zero-order valence-corrected chi connectivity index (χ0v) is 17.9. The molecule has 0 fully saturated rings. The molecule has 4 aromatic rings. The number of ether oxygens (including phenoxy) is 1. The lowest BCUT2D eigenvalue weighted by Crippen LogP contribution is -2.20. The van der Waals surface area contributed by atoms with Gasteiger partial charge in [0.15, 0.2) is 5.13 Å². The van der Waals surface area contributed by atoms with Gasteiger partial charge in [-0.25, -0.2) is 9.78 Å². The number of thiazole rings is 1. The maximum Gasteiger partial charge on any atom is 0.323 e. The Morgan fingerprint density at radius 3 is 2.48 bits per heavy atom. The smallest absolute Gasteiger partial charge is 0.323 e. The highest BCUT2D eigenvalue weighted by Gasteiger charge is 2.18. The van der Waals surface area contributed by atoms with Gasteiger partial charge < -0.3 is 15.4 Å². The number of benzene rings is 2. The molecule has 2 amide bonds. The van der Waals surface area contributed by atoms with Gasteiger partial charge in [-0.15, -0.1) is 11.3 Å². The largest absolute Gasteiger partial charge is 0.497 e. The second-order valence-electron chi connectivity index (χ2n) is 6.67. The Balaban J connectivity index is 1.59. The first-order valence-electron chi connectivity index (χ1n) is 9.56. The van der Waals surface area contributed by atoms with Gasteiger partial charge in [0.2, 0.25) is 0 Å². The third-order valence-corrected chi connectivity index (χ3v) is 5.33. The van der Waals surface area contributed by atoms with Crippen LogP contribution in [0.15, 0.2) is 78.6 Å². The van der Waals surface area contributed by atoms with Gasteiger partial charge in [0.1, 0.15) is 5.75 Å². The zero-order chi connectivity index (χ0) is 21.6. The number of hydrogen-bond acceptors (Lipinski definition) is 6. The number of pyridine rings is 1. The van der Waals surface area contributed by atoms with Gasteiger partial charge in [-0.05, 0) is 61.0 Å². The molecule has 0 aliphatic heterocycles. The Kier molecular flexibility index (Phi) is 6.09. The average molecular weight is 432 g/mol. The summed E-state index contributed by atoms with van der Waals surface area (Å²) in [6.07, 6.45) is 5.29. The minimum atomic E-state index is -0.331. The Bertz CT molecular complexity index is 1150. The SMILES string of the molecule is COc1ccc(NC(=O)Nc2ccc(C)c(N(c3cccnc3)c3nccs3)c2)cc1. The van der Waals surface area contributed by atoms with Gasteiger partial charge in [0.25, 0.3) is 0 Å². The van der Waals surface area contributed by atoms with Gasteiger partial charge >= 0.3 is 6.03 Å². The van der Waals surface area contributed by atoms with Gasteiger partial charge in [-0.2, -0.15) is 0 Å². The molecule has 0 unspecified atom stereocenters. The summed E-state index contributed by atoms with van der Waals surface area (Å²) in [6.45, 7) is 2.02. The molecule has 2 aromatic heterocycles. The number of anilines is 5. The Hall–Kier alpha value is -3.91. The minimum absolute atomic E-state index is 0.331. The highest BCUT2D eigenvalue weighted by molar-refractivity contribution is 7.13. The molecule has 0 spiro atoms. The summed E-state index contributed by atoms with van der Waals surface area (Å²) in [6, 6.07) is 16.4. The second kappa shape index (κ2) is 9.27. The van der Waals surface area contributed by atoms with Gasteiger partial charge in [0, 0.05) is 29.1 Å². The van der Waals surface area contributed by atoms with E-state index in [1.807, 2.05) is 47.5 Å². The number of methoxy groups -OCH3 is 1. The van der Waals surface area contributed by atoms with Gasteiger partial charge in [0.05, 0.1) is 24.7 Å². The van der Waals surface area contributed by atoms with Crippen molar-refractivity contribution in [1.29, 1.82) is 0 Å². The zero-order valence-electron chi connectivity index (χ0n) is 17.1. The van der Waals surface area contributed by atoms with Crippen LogP contribution in [-0.2, 0) is 0 Å². The van der Waals surface area contributed by atoms with Gasteiger partial charge in [-0.1, -0.05) is 6.07 Å². The van der Waals surface area contributed by atoms with E-state index in [1.165, 1.54) is 11.3 Å². The molecule has 2 heterocycles. The van der Waals surface area contributed by atoms with E-state index < -0.39 is 0 Å². The van der Waals surface area contributed by atoms with E-state index in [0.29, 0.717) is 11.4 Å². The van der Waals surface area contributed by atoms with Crippen LogP contribution >= 0.6 is 11.3 Å². The first kappa shape index (κ1) is 20.4. The number of amides is 2. The summed E-state index contributed by atoms with van der Waals surface area (Å²) >= 11 is 1.53. The summed E-state index contributed by atoms with van der Waals surface area (Å²) in [5, 5.41) is 8.47. The van der Waals surface area contributed by atoms with Crippen molar-refractivity contribution in [2.75, 3.05) is 22.6 Å². The molecule has 7 nitrogen and oxygen atoms in total. The third kappa shape index (κ3) is 4.81. The number of aromatic nitrogens is 2. The Morgan fingerprint density at radius 1 is 1.03 bits per heavy atom. The molecule has 0 atom stereocenters. The average Bonchev–Trinajstić information content (AvgIpc) is 3.32. The summed E-state index contributed by atoms with van der Waals surface area (Å²) in [7, 11) is 1.60. The highest BCUT2D eigenvalue weighted by atomic mass is 32.1. The standard InChI is InChI=1S/C23H21N5O2S/c1-16-5-6-18(27-22(29)26-17-7-9-20(30-2)10-8-17)14-21(16)28(23-25-12-13-31-23)19-4-3-11-24-15-19/h3-15H,1-2H3,(H2,26,27,29). The summed E-state index contributed by atoms with van der Waals surface area (Å²) < 4.78 is 5.14. The normalized spacial score (nSPS) is 10.4. The van der Waals surface area contributed by atoms with Crippen molar-refractivity contribution in [2.45, 2.75) is 6.92 Å². The third-order valence-electron chi connectivity index (χ3n) is 4.57. The maximum absolute atomic E-state index is 12.5. The molecule has 0 saturated heterocycles. The molecule has 4 rings (SSSR count). The molecule has 0 bridgehead atoms. The van der Waals surface area contributed by atoms with Crippen LogP contribution in [0, 0.1) is 6.92 Å². The number of carbonyl (C=O) groups excluding carboxylic acids is 1. The van der Waals surface area contributed by atoms with Crippen LogP contribution in [0.4, 0.5) is 32.7 Å². The lowest BCUT2D eigenvalue weighted by atomic mass is 10.1. The second-order valence-corrected chi connectivity index (χ2v) is 7.54. The predicted octanol–water partition coefficient (Wildman–Crippen LogP) is 5.97. The summed E-state index contributed by atoms with van der Waals surface area (Å²) in [5.74, 6) is 0.729. The van der Waals surface area contributed by atoms with E-state index in [-0.39, 0.29) is 6.03 Å².